The van der Waals surface area contributed by atoms with Crippen molar-refractivity contribution in [2.45, 2.75) is 44.1 Å². The first kappa shape index (κ1) is 16.5. The highest BCUT2D eigenvalue weighted by atomic mass is 127. The van der Waals surface area contributed by atoms with Crippen molar-refractivity contribution in [2.24, 2.45) is 4.99 Å². The molecule has 5 heteroatoms. The average molecular weight is 403 g/mol. The number of benzene rings is 1. The Balaban J connectivity index is 0.00000161. The van der Waals surface area contributed by atoms with E-state index in [4.69, 9.17) is 0 Å². The van der Waals surface area contributed by atoms with E-state index in [1.54, 1.807) is 12.1 Å². The normalized spacial score (nSPS) is 19.6. The molecule has 2 fully saturated rings. The van der Waals surface area contributed by atoms with Gasteiger partial charge in [0.25, 0.3) is 0 Å². The van der Waals surface area contributed by atoms with Crippen LogP contribution >= 0.6 is 24.0 Å². The van der Waals surface area contributed by atoms with E-state index >= 15 is 0 Å². The summed E-state index contributed by atoms with van der Waals surface area (Å²) in [5, 5.41) is 6.67. The van der Waals surface area contributed by atoms with Gasteiger partial charge in [-0.05, 0) is 44.2 Å². The Labute approximate surface area is 142 Å². The first-order valence-electron chi connectivity index (χ1n) is 7.53. The molecule has 0 aliphatic heterocycles. The molecular weight excluding hydrogens is 380 g/mol. The molecule has 21 heavy (non-hydrogen) atoms. The number of halogens is 2. The molecule has 0 bridgehead atoms. The van der Waals surface area contributed by atoms with Gasteiger partial charge >= 0.3 is 0 Å². The quantitative estimate of drug-likeness (QED) is 0.450. The SMILES string of the molecule is CCNC(=NCC1(c2ccccc2F)CC1)NC1CC1.I. The van der Waals surface area contributed by atoms with Crippen molar-refractivity contribution in [1.82, 2.24) is 10.6 Å². The van der Waals surface area contributed by atoms with Crippen molar-refractivity contribution in [3.63, 3.8) is 0 Å². The third-order valence-corrected chi connectivity index (χ3v) is 4.10. The molecule has 1 aromatic carbocycles. The Morgan fingerprint density at radius 2 is 2.05 bits per heavy atom. The number of guanidine groups is 1. The lowest BCUT2D eigenvalue weighted by atomic mass is 9.95. The first-order valence-corrected chi connectivity index (χ1v) is 7.53. The summed E-state index contributed by atoms with van der Waals surface area (Å²) in [6.07, 6.45) is 4.51. The fourth-order valence-corrected chi connectivity index (χ4v) is 2.53. The van der Waals surface area contributed by atoms with Crippen LogP contribution in [-0.4, -0.2) is 25.1 Å². The van der Waals surface area contributed by atoms with E-state index in [0.29, 0.717) is 12.6 Å². The third kappa shape index (κ3) is 4.08. The van der Waals surface area contributed by atoms with Crippen molar-refractivity contribution in [2.75, 3.05) is 13.1 Å². The molecule has 0 spiro atoms. The van der Waals surface area contributed by atoms with E-state index in [0.717, 1.165) is 30.9 Å². The molecule has 0 heterocycles. The summed E-state index contributed by atoms with van der Waals surface area (Å²) in [5.41, 5.74) is 0.753. The highest BCUT2D eigenvalue weighted by Gasteiger charge is 2.45. The average Bonchev–Trinajstić information content (AvgIpc) is 3.33. The van der Waals surface area contributed by atoms with Crippen molar-refractivity contribution in [3.8, 4) is 0 Å². The van der Waals surface area contributed by atoms with Crippen LogP contribution < -0.4 is 10.6 Å². The molecule has 0 amide bonds. The predicted octanol–water partition coefficient (Wildman–Crippen LogP) is 3.19. The first-order chi connectivity index (χ1) is 9.73. The maximum atomic E-state index is 13.9. The van der Waals surface area contributed by atoms with Crippen LogP contribution in [0.5, 0.6) is 0 Å². The zero-order valence-electron chi connectivity index (χ0n) is 12.4. The molecule has 0 saturated heterocycles. The van der Waals surface area contributed by atoms with Crippen LogP contribution in [0.2, 0.25) is 0 Å². The highest BCUT2D eigenvalue weighted by Crippen LogP contribution is 2.49. The van der Waals surface area contributed by atoms with Crippen LogP contribution in [0.4, 0.5) is 4.39 Å². The number of nitrogens with one attached hydrogen (secondary N) is 2. The van der Waals surface area contributed by atoms with Crippen LogP contribution in [0.25, 0.3) is 0 Å². The Morgan fingerprint density at radius 1 is 1.33 bits per heavy atom. The molecule has 0 atom stereocenters. The number of rotatable bonds is 5. The Hall–Kier alpha value is -0.850. The lowest BCUT2D eigenvalue weighted by Gasteiger charge is -2.16. The molecule has 116 valence electrons. The standard InChI is InChI=1S/C16H22FN3.HI/c1-2-18-15(20-12-7-8-12)19-11-16(9-10-16)13-5-3-4-6-14(13)17;/h3-6,12H,2,7-11H2,1H3,(H2,18,19,20);1H. The van der Waals surface area contributed by atoms with Gasteiger partial charge in [0.05, 0.1) is 6.54 Å². The minimum absolute atomic E-state index is 0. The maximum absolute atomic E-state index is 13.9. The predicted molar refractivity (Wildman–Crippen MR) is 94.9 cm³/mol. The summed E-state index contributed by atoms with van der Waals surface area (Å²) >= 11 is 0. The second-order valence-electron chi connectivity index (χ2n) is 5.87. The maximum Gasteiger partial charge on any atom is 0.191 e. The summed E-state index contributed by atoms with van der Waals surface area (Å²) in [7, 11) is 0. The number of aliphatic imine (C=N–C) groups is 1. The molecule has 3 nitrogen and oxygen atoms in total. The molecule has 0 radical (unpaired) electrons. The van der Waals surface area contributed by atoms with E-state index in [1.165, 1.54) is 12.8 Å². The summed E-state index contributed by atoms with van der Waals surface area (Å²) in [5.74, 6) is 0.776. The van der Waals surface area contributed by atoms with E-state index in [2.05, 4.69) is 22.5 Å². The molecule has 3 rings (SSSR count). The van der Waals surface area contributed by atoms with Gasteiger partial charge < -0.3 is 10.6 Å². The zero-order valence-corrected chi connectivity index (χ0v) is 14.7. The second-order valence-corrected chi connectivity index (χ2v) is 5.87. The van der Waals surface area contributed by atoms with Crippen LogP contribution in [0.15, 0.2) is 29.3 Å². The second kappa shape index (κ2) is 6.94. The van der Waals surface area contributed by atoms with Gasteiger partial charge in [-0.2, -0.15) is 0 Å². The zero-order chi connectivity index (χ0) is 14.0. The molecule has 0 aromatic heterocycles. The van der Waals surface area contributed by atoms with Gasteiger partial charge in [-0.25, -0.2) is 4.39 Å². The lowest BCUT2D eigenvalue weighted by Crippen LogP contribution is -2.39. The van der Waals surface area contributed by atoms with Crippen molar-refractivity contribution in [1.29, 1.82) is 0 Å². The number of hydrogen-bond donors (Lipinski definition) is 2. The fraction of sp³-hybridized carbons (Fsp3) is 0.562. The molecule has 2 N–H and O–H groups in total. The molecule has 2 aliphatic carbocycles. The van der Waals surface area contributed by atoms with Gasteiger partial charge in [-0.15, -0.1) is 24.0 Å². The van der Waals surface area contributed by atoms with Gasteiger partial charge in [0, 0.05) is 18.0 Å². The molecule has 0 unspecified atom stereocenters. The van der Waals surface area contributed by atoms with Crippen LogP contribution in [0.1, 0.15) is 38.2 Å². The molecular formula is C16H23FIN3. The van der Waals surface area contributed by atoms with Crippen molar-refractivity contribution in [3.05, 3.63) is 35.6 Å². The highest BCUT2D eigenvalue weighted by molar-refractivity contribution is 14.0. The Bertz CT molecular complexity index is 510. The minimum atomic E-state index is -0.0969. The van der Waals surface area contributed by atoms with Crippen LogP contribution in [-0.2, 0) is 5.41 Å². The van der Waals surface area contributed by atoms with Crippen LogP contribution in [0, 0.1) is 5.82 Å². The molecule has 2 saturated carbocycles. The minimum Gasteiger partial charge on any atom is -0.357 e. The molecule has 2 aliphatic rings. The lowest BCUT2D eigenvalue weighted by molar-refractivity contribution is 0.572. The van der Waals surface area contributed by atoms with E-state index in [-0.39, 0.29) is 35.2 Å². The van der Waals surface area contributed by atoms with Crippen LogP contribution in [0.3, 0.4) is 0 Å². The van der Waals surface area contributed by atoms with E-state index < -0.39 is 0 Å². The monoisotopic (exact) mass is 403 g/mol. The van der Waals surface area contributed by atoms with Crippen molar-refractivity contribution >= 4 is 29.9 Å². The summed E-state index contributed by atoms with van der Waals surface area (Å²) < 4.78 is 13.9. The largest absolute Gasteiger partial charge is 0.357 e. The number of hydrogen-bond acceptors (Lipinski definition) is 1. The van der Waals surface area contributed by atoms with E-state index in [1.807, 2.05) is 12.1 Å². The van der Waals surface area contributed by atoms with Gasteiger partial charge in [0.2, 0.25) is 0 Å². The smallest absolute Gasteiger partial charge is 0.191 e. The fourth-order valence-electron chi connectivity index (χ4n) is 2.53. The van der Waals surface area contributed by atoms with E-state index in [9.17, 15) is 4.39 Å². The Morgan fingerprint density at radius 3 is 2.62 bits per heavy atom. The summed E-state index contributed by atoms with van der Waals surface area (Å²) in [6.45, 7) is 3.58. The van der Waals surface area contributed by atoms with Gasteiger partial charge in [-0.3, -0.25) is 4.99 Å². The van der Waals surface area contributed by atoms with Gasteiger partial charge in [0.1, 0.15) is 5.82 Å². The third-order valence-electron chi connectivity index (χ3n) is 4.10. The topological polar surface area (TPSA) is 36.4 Å². The molecule has 1 aromatic rings. The van der Waals surface area contributed by atoms with Crippen molar-refractivity contribution < 1.29 is 4.39 Å². The van der Waals surface area contributed by atoms with Gasteiger partial charge in [-0.1, -0.05) is 18.2 Å². The summed E-state index contributed by atoms with van der Waals surface area (Å²) in [4.78, 5) is 4.67. The number of nitrogens with zero attached hydrogens (tertiary/aromatic N) is 1. The Kier molecular flexibility index (Phi) is 5.46. The van der Waals surface area contributed by atoms with Gasteiger partial charge in [0.15, 0.2) is 5.96 Å². The summed E-state index contributed by atoms with van der Waals surface area (Å²) in [6, 6.07) is 7.69.